The van der Waals surface area contributed by atoms with Crippen molar-refractivity contribution in [2.45, 2.75) is 33.9 Å². The quantitative estimate of drug-likeness (QED) is 0.414. The van der Waals surface area contributed by atoms with Gasteiger partial charge in [-0.05, 0) is 85.6 Å². The van der Waals surface area contributed by atoms with Crippen molar-refractivity contribution in [1.82, 2.24) is 14.9 Å². The molecule has 2 N–H and O–H groups in total. The smallest absolute Gasteiger partial charge is 0.253 e. The van der Waals surface area contributed by atoms with Gasteiger partial charge in [0, 0.05) is 41.1 Å². The number of pyridine rings is 2. The zero-order valence-corrected chi connectivity index (χ0v) is 19.3. The molecule has 0 saturated heterocycles. The largest absolute Gasteiger partial charge is 0.340 e. The van der Waals surface area contributed by atoms with Gasteiger partial charge in [-0.2, -0.15) is 0 Å². The number of nitrogens with zero attached hydrogens (tertiary/aromatic N) is 2. The van der Waals surface area contributed by atoms with Crippen molar-refractivity contribution < 1.29 is 0 Å². The predicted octanol–water partition coefficient (Wildman–Crippen LogP) is 5.25. The van der Waals surface area contributed by atoms with Crippen molar-refractivity contribution in [1.29, 1.82) is 0 Å². The molecule has 162 valence electrons. The molecule has 5 nitrogen and oxygen atoms in total. The Morgan fingerprint density at radius 3 is 2.62 bits per heavy atom. The molecule has 0 atom stereocenters. The van der Waals surface area contributed by atoms with Gasteiger partial charge >= 0.3 is 0 Å². The summed E-state index contributed by atoms with van der Waals surface area (Å²) in [6, 6.07) is 18.1. The highest BCUT2D eigenvalue weighted by atomic mass is 32.1. The van der Waals surface area contributed by atoms with E-state index >= 15 is 0 Å². The zero-order valence-electron chi connectivity index (χ0n) is 18.5. The lowest BCUT2D eigenvalue weighted by molar-refractivity contribution is 0.410. The standard InChI is InChI=1S/C26H26N4OS/c1-17-6-4-8-22(11-17)28-26(32)30(15-20-7-5-9-27-14-20)16-21-13-23-19(3)10-18(2)12-24(23)29-25(21)31/h4-14H,15-16H2,1-3H3,(H,28,32)(H,29,31). The fourth-order valence-corrected chi connectivity index (χ4v) is 4.12. The number of hydrogen-bond acceptors (Lipinski definition) is 3. The molecule has 2 aromatic carbocycles. The van der Waals surface area contributed by atoms with Gasteiger partial charge in [-0.25, -0.2) is 0 Å². The van der Waals surface area contributed by atoms with Crippen molar-refractivity contribution in [2.24, 2.45) is 0 Å². The minimum absolute atomic E-state index is 0.1000. The van der Waals surface area contributed by atoms with Crippen LogP contribution in [-0.2, 0) is 13.1 Å². The van der Waals surface area contributed by atoms with Crippen LogP contribution >= 0.6 is 12.2 Å². The van der Waals surface area contributed by atoms with Crippen molar-refractivity contribution in [2.75, 3.05) is 5.32 Å². The molecule has 0 bridgehead atoms. The Kier molecular flexibility index (Phi) is 6.32. The first-order valence-corrected chi connectivity index (χ1v) is 10.9. The monoisotopic (exact) mass is 442 g/mol. The minimum atomic E-state index is -0.1000. The van der Waals surface area contributed by atoms with Crippen molar-refractivity contribution in [3.63, 3.8) is 0 Å². The molecule has 0 aliphatic carbocycles. The van der Waals surface area contributed by atoms with Crippen LogP contribution in [0.3, 0.4) is 0 Å². The molecule has 4 rings (SSSR count). The number of aromatic amines is 1. The maximum atomic E-state index is 12.9. The number of H-pyrrole nitrogens is 1. The molecule has 2 heterocycles. The number of nitrogens with one attached hydrogen (secondary N) is 2. The third-order valence-corrected chi connectivity index (χ3v) is 5.76. The Morgan fingerprint density at radius 2 is 1.88 bits per heavy atom. The van der Waals surface area contributed by atoms with Crippen LogP contribution in [0.5, 0.6) is 0 Å². The van der Waals surface area contributed by atoms with Gasteiger partial charge in [-0.3, -0.25) is 9.78 Å². The summed E-state index contributed by atoms with van der Waals surface area (Å²) in [6.07, 6.45) is 3.57. The van der Waals surface area contributed by atoms with Crippen LogP contribution in [0.4, 0.5) is 5.69 Å². The highest BCUT2D eigenvalue weighted by molar-refractivity contribution is 7.80. The summed E-state index contributed by atoms with van der Waals surface area (Å²) >= 11 is 5.76. The van der Waals surface area contributed by atoms with Gasteiger partial charge in [0.25, 0.3) is 5.56 Å². The van der Waals surface area contributed by atoms with E-state index in [2.05, 4.69) is 28.3 Å². The van der Waals surface area contributed by atoms with Gasteiger partial charge in [0.05, 0.1) is 6.54 Å². The van der Waals surface area contributed by atoms with E-state index in [4.69, 9.17) is 12.2 Å². The Balaban J connectivity index is 1.67. The van der Waals surface area contributed by atoms with Gasteiger partial charge in [-0.15, -0.1) is 0 Å². The van der Waals surface area contributed by atoms with E-state index < -0.39 is 0 Å². The number of aromatic nitrogens is 2. The third-order valence-electron chi connectivity index (χ3n) is 5.40. The van der Waals surface area contributed by atoms with E-state index in [9.17, 15) is 4.79 Å². The topological polar surface area (TPSA) is 61.0 Å². The Bertz CT molecular complexity index is 1330. The first kappa shape index (κ1) is 21.7. The molecule has 0 spiro atoms. The fourth-order valence-electron chi connectivity index (χ4n) is 3.88. The summed E-state index contributed by atoms with van der Waals surface area (Å²) in [4.78, 5) is 22.2. The number of benzene rings is 2. The number of thiocarbonyl (C=S) groups is 1. The van der Waals surface area contributed by atoms with Crippen LogP contribution in [0, 0.1) is 20.8 Å². The van der Waals surface area contributed by atoms with Crippen LogP contribution in [0.15, 0.2) is 71.8 Å². The SMILES string of the molecule is Cc1cccc(NC(=S)N(Cc2cccnc2)Cc2cc3c(C)cc(C)cc3[nH]c2=O)c1. The van der Waals surface area contributed by atoms with E-state index in [1.54, 1.807) is 6.20 Å². The van der Waals surface area contributed by atoms with Crippen LogP contribution in [0.1, 0.15) is 27.8 Å². The van der Waals surface area contributed by atoms with E-state index in [1.807, 2.05) is 73.5 Å². The third kappa shape index (κ3) is 5.03. The summed E-state index contributed by atoms with van der Waals surface area (Å²) in [5.41, 5.74) is 6.77. The number of hydrogen-bond donors (Lipinski definition) is 2. The summed E-state index contributed by atoms with van der Waals surface area (Å²) in [6.45, 7) is 7.06. The molecule has 0 aliphatic rings. The molecule has 2 aromatic heterocycles. The summed E-state index contributed by atoms with van der Waals surface area (Å²) < 4.78 is 0. The molecule has 32 heavy (non-hydrogen) atoms. The molecule has 0 radical (unpaired) electrons. The average Bonchev–Trinajstić information content (AvgIpc) is 2.74. The average molecular weight is 443 g/mol. The second kappa shape index (κ2) is 9.32. The van der Waals surface area contributed by atoms with Gasteiger partial charge in [-0.1, -0.05) is 24.3 Å². The first-order chi connectivity index (χ1) is 15.4. The maximum absolute atomic E-state index is 12.9. The molecule has 4 aromatic rings. The normalized spacial score (nSPS) is 10.8. The summed E-state index contributed by atoms with van der Waals surface area (Å²) in [7, 11) is 0. The minimum Gasteiger partial charge on any atom is -0.340 e. The molecular formula is C26H26N4OS. The Labute approximate surface area is 193 Å². The van der Waals surface area contributed by atoms with Gasteiger partial charge in [0.1, 0.15) is 0 Å². The molecule has 0 amide bonds. The molecule has 6 heteroatoms. The van der Waals surface area contributed by atoms with E-state index in [-0.39, 0.29) is 5.56 Å². The lowest BCUT2D eigenvalue weighted by atomic mass is 10.0. The van der Waals surface area contributed by atoms with Crippen LogP contribution in [-0.4, -0.2) is 20.0 Å². The lowest BCUT2D eigenvalue weighted by Crippen LogP contribution is -2.35. The van der Waals surface area contributed by atoms with Crippen LogP contribution in [0.2, 0.25) is 0 Å². The maximum Gasteiger partial charge on any atom is 0.253 e. The second-order valence-corrected chi connectivity index (χ2v) is 8.57. The second-order valence-electron chi connectivity index (χ2n) is 8.18. The van der Waals surface area contributed by atoms with Crippen molar-refractivity contribution in [3.8, 4) is 0 Å². The van der Waals surface area contributed by atoms with Gasteiger partial charge in [0.15, 0.2) is 5.11 Å². The highest BCUT2D eigenvalue weighted by Gasteiger charge is 2.15. The zero-order chi connectivity index (χ0) is 22.7. The summed E-state index contributed by atoms with van der Waals surface area (Å²) in [5.74, 6) is 0. The molecule has 0 unspecified atom stereocenters. The number of anilines is 1. The van der Waals surface area contributed by atoms with E-state index in [0.717, 1.165) is 38.8 Å². The molecule has 0 aliphatic heterocycles. The van der Waals surface area contributed by atoms with E-state index in [1.165, 1.54) is 0 Å². The lowest BCUT2D eigenvalue weighted by Gasteiger charge is -2.26. The number of aryl methyl sites for hydroxylation is 3. The molecular weight excluding hydrogens is 416 g/mol. The van der Waals surface area contributed by atoms with Gasteiger partial charge in [0.2, 0.25) is 0 Å². The number of fused-ring (bicyclic) bond motifs is 1. The van der Waals surface area contributed by atoms with Gasteiger partial charge < -0.3 is 15.2 Å². The molecule has 0 fully saturated rings. The Morgan fingerprint density at radius 1 is 1.03 bits per heavy atom. The Hall–Kier alpha value is -3.51. The van der Waals surface area contributed by atoms with Crippen LogP contribution < -0.4 is 10.9 Å². The van der Waals surface area contributed by atoms with Crippen molar-refractivity contribution in [3.05, 3.63) is 105 Å². The predicted molar refractivity (Wildman–Crippen MR) is 135 cm³/mol. The van der Waals surface area contributed by atoms with Crippen molar-refractivity contribution >= 4 is 33.9 Å². The fraction of sp³-hybridized carbons (Fsp3) is 0.192. The number of rotatable bonds is 5. The molecule has 0 saturated carbocycles. The summed E-state index contributed by atoms with van der Waals surface area (Å²) in [5, 5.41) is 4.92. The first-order valence-electron chi connectivity index (χ1n) is 10.5. The van der Waals surface area contributed by atoms with E-state index in [0.29, 0.717) is 23.8 Å². The van der Waals surface area contributed by atoms with Crippen LogP contribution in [0.25, 0.3) is 10.9 Å². The highest BCUT2D eigenvalue weighted by Crippen LogP contribution is 2.20.